The molecule has 0 bridgehead atoms. The van der Waals surface area contributed by atoms with Crippen LogP contribution in [0.1, 0.15) is 5.56 Å². The molecule has 0 aromatic heterocycles. The van der Waals surface area contributed by atoms with Crippen LogP contribution in [0, 0.1) is 17.0 Å². The van der Waals surface area contributed by atoms with E-state index < -0.39 is 4.92 Å². The number of hydrogen-bond donors (Lipinski definition) is 0. The largest absolute Gasteiger partial charge is 0.273 e. The van der Waals surface area contributed by atoms with Crippen LogP contribution in [0.25, 0.3) is 11.1 Å². The van der Waals surface area contributed by atoms with Gasteiger partial charge in [0.15, 0.2) is 0 Å². The van der Waals surface area contributed by atoms with Crippen LogP contribution >= 0.6 is 11.6 Å². The Hall–Kier alpha value is -1.87. The van der Waals surface area contributed by atoms with Gasteiger partial charge in [0.05, 0.1) is 9.95 Å². The van der Waals surface area contributed by atoms with Crippen LogP contribution in [-0.2, 0) is 0 Å². The summed E-state index contributed by atoms with van der Waals surface area (Å²) in [6.45, 7) is 1.66. The molecule has 0 fully saturated rings. The van der Waals surface area contributed by atoms with E-state index in [1.54, 1.807) is 13.0 Å². The van der Waals surface area contributed by atoms with Crippen LogP contribution < -0.4 is 0 Å². The molecule has 0 aliphatic rings. The average Bonchev–Trinajstić information content (AvgIpc) is 2.33. The van der Waals surface area contributed by atoms with Crippen molar-refractivity contribution in [1.29, 1.82) is 0 Å². The molecule has 0 saturated heterocycles. The molecule has 0 aliphatic heterocycles. The Bertz CT molecular complexity index is 567. The standard InChI is InChI=1S/C13H10ClNO2/c1-9-12(15(16)17)8-7-11(13(9)14)10-5-3-2-4-6-10/h2-8H,1H3. The molecule has 0 spiro atoms. The number of nitro benzene ring substituents is 1. The molecule has 0 heterocycles. The quantitative estimate of drug-likeness (QED) is 0.589. The highest BCUT2D eigenvalue weighted by Gasteiger charge is 2.16. The lowest BCUT2D eigenvalue weighted by atomic mass is 10.0. The molecule has 0 N–H and O–H groups in total. The number of benzene rings is 2. The lowest BCUT2D eigenvalue weighted by molar-refractivity contribution is -0.385. The second-order valence-electron chi connectivity index (χ2n) is 3.69. The first kappa shape index (κ1) is 11.6. The predicted octanol–water partition coefficient (Wildman–Crippen LogP) is 4.22. The molecule has 2 aromatic carbocycles. The van der Waals surface area contributed by atoms with Gasteiger partial charge in [-0.2, -0.15) is 0 Å². The Morgan fingerprint density at radius 3 is 2.35 bits per heavy atom. The van der Waals surface area contributed by atoms with Crippen LogP contribution in [0.2, 0.25) is 5.02 Å². The van der Waals surface area contributed by atoms with E-state index in [1.807, 2.05) is 30.3 Å². The van der Waals surface area contributed by atoms with Gasteiger partial charge in [0.1, 0.15) is 0 Å². The number of rotatable bonds is 2. The molecule has 3 nitrogen and oxygen atoms in total. The lowest BCUT2D eigenvalue weighted by Gasteiger charge is -2.07. The Kier molecular flexibility index (Phi) is 3.11. The third kappa shape index (κ3) is 2.15. The van der Waals surface area contributed by atoms with Crippen LogP contribution in [0.3, 0.4) is 0 Å². The van der Waals surface area contributed by atoms with E-state index in [1.165, 1.54) is 6.07 Å². The molecule has 4 heteroatoms. The molecular formula is C13H10ClNO2. The van der Waals surface area contributed by atoms with Gasteiger partial charge in [-0.15, -0.1) is 0 Å². The third-order valence-electron chi connectivity index (χ3n) is 2.64. The van der Waals surface area contributed by atoms with Gasteiger partial charge in [-0.1, -0.05) is 41.9 Å². The zero-order valence-electron chi connectivity index (χ0n) is 9.18. The van der Waals surface area contributed by atoms with E-state index in [9.17, 15) is 10.1 Å². The molecular weight excluding hydrogens is 238 g/mol. The number of hydrogen-bond acceptors (Lipinski definition) is 2. The number of nitro groups is 1. The zero-order chi connectivity index (χ0) is 12.4. The summed E-state index contributed by atoms with van der Waals surface area (Å²) in [7, 11) is 0. The Morgan fingerprint density at radius 1 is 1.12 bits per heavy atom. The van der Waals surface area contributed by atoms with Crippen molar-refractivity contribution in [2.75, 3.05) is 0 Å². The van der Waals surface area contributed by atoms with E-state index in [0.29, 0.717) is 10.6 Å². The van der Waals surface area contributed by atoms with E-state index >= 15 is 0 Å². The minimum atomic E-state index is -0.421. The molecule has 2 rings (SSSR count). The van der Waals surface area contributed by atoms with Crippen LogP contribution in [-0.4, -0.2) is 4.92 Å². The summed E-state index contributed by atoms with van der Waals surface area (Å²) < 4.78 is 0. The fourth-order valence-corrected chi connectivity index (χ4v) is 1.98. The second-order valence-corrected chi connectivity index (χ2v) is 4.07. The maximum absolute atomic E-state index is 10.8. The summed E-state index contributed by atoms with van der Waals surface area (Å²) in [5.74, 6) is 0. The highest BCUT2D eigenvalue weighted by atomic mass is 35.5. The molecule has 0 aliphatic carbocycles. The Morgan fingerprint density at radius 2 is 1.76 bits per heavy atom. The summed E-state index contributed by atoms with van der Waals surface area (Å²) in [6.07, 6.45) is 0. The fraction of sp³-hybridized carbons (Fsp3) is 0.0769. The fourth-order valence-electron chi connectivity index (χ4n) is 1.71. The highest BCUT2D eigenvalue weighted by Crippen LogP contribution is 2.34. The first-order valence-electron chi connectivity index (χ1n) is 5.10. The van der Waals surface area contributed by atoms with Gasteiger partial charge in [0.25, 0.3) is 5.69 Å². The van der Waals surface area contributed by atoms with Gasteiger partial charge in [-0.25, -0.2) is 0 Å². The normalized spacial score (nSPS) is 10.2. The summed E-state index contributed by atoms with van der Waals surface area (Å²) in [5.41, 5.74) is 2.32. The van der Waals surface area contributed by atoms with Crippen LogP contribution in [0.15, 0.2) is 42.5 Å². The van der Waals surface area contributed by atoms with Gasteiger partial charge >= 0.3 is 0 Å². The molecule has 17 heavy (non-hydrogen) atoms. The maximum atomic E-state index is 10.8. The van der Waals surface area contributed by atoms with Crippen molar-refractivity contribution in [2.45, 2.75) is 6.92 Å². The maximum Gasteiger partial charge on any atom is 0.273 e. The third-order valence-corrected chi connectivity index (χ3v) is 3.13. The summed E-state index contributed by atoms with van der Waals surface area (Å²) in [5, 5.41) is 11.2. The van der Waals surface area contributed by atoms with Crippen molar-refractivity contribution in [3.05, 3.63) is 63.2 Å². The number of halogens is 1. The lowest BCUT2D eigenvalue weighted by Crippen LogP contribution is -1.93. The van der Waals surface area contributed by atoms with Gasteiger partial charge in [0.2, 0.25) is 0 Å². The van der Waals surface area contributed by atoms with Crippen molar-refractivity contribution >= 4 is 17.3 Å². The SMILES string of the molecule is Cc1c([N+](=O)[O-])ccc(-c2ccccc2)c1Cl. The van der Waals surface area contributed by atoms with E-state index in [0.717, 1.165) is 11.1 Å². The molecule has 0 radical (unpaired) electrons. The monoisotopic (exact) mass is 247 g/mol. The summed E-state index contributed by atoms with van der Waals surface area (Å²) in [4.78, 5) is 10.3. The van der Waals surface area contributed by atoms with E-state index in [4.69, 9.17) is 11.6 Å². The van der Waals surface area contributed by atoms with Gasteiger partial charge in [0, 0.05) is 17.2 Å². The minimum absolute atomic E-state index is 0.0506. The van der Waals surface area contributed by atoms with Gasteiger partial charge in [-0.3, -0.25) is 10.1 Å². The summed E-state index contributed by atoms with van der Waals surface area (Å²) in [6, 6.07) is 12.7. The smallest absolute Gasteiger partial charge is 0.258 e. The van der Waals surface area contributed by atoms with Gasteiger partial charge < -0.3 is 0 Å². The van der Waals surface area contributed by atoms with Crippen LogP contribution in [0.4, 0.5) is 5.69 Å². The summed E-state index contributed by atoms with van der Waals surface area (Å²) >= 11 is 6.17. The molecule has 0 saturated carbocycles. The average molecular weight is 248 g/mol. The minimum Gasteiger partial charge on any atom is -0.258 e. The van der Waals surface area contributed by atoms with Crippen molar-refractivity contribution in [3.8, 4) is 11.1 Å². The van der Waals surface area contributed by atoms with E-state index in [2.05, 4.69) is 0 Å². The first-order chi connectivity index (χ1) is 8.11. The second kappa shape index (κ2) is 4.55. The molecule has 0 unspecified atom stereocenters. The molecule has 0 atom stereocenters. The Labute approximate surface area is 104 Å². The predicted molar refractivity (Wildman–Crippen MR) is 68.3 cm³/mol. The molecule has 2 aromatic rings. The molecule has 0 amide bonds. The first-order valence-corrected chi connectivity index (χ1v) is 5.48. The van der Waals surface area contributed by atoms with Crippen molar-refractivity contribution in [1.82, 2.24) is 0 Å². The van der Waals surface area contributed by atoms with E-state index in [-0.39, 0.29) is 5.69 Å². The number of nitrogens with zero attached hydrogens (tertiary/aromatic N) is 1. The van der Waals surface area contributed by atoms with Crippen LogP contribution in [0.5, 0.6) is 0 Å². The van der Waals surface area contributed by atoms with Gasteiger partial charge in [-0.05, 0) is 18.6 Å². The molecule has 86 valence electrons. The zero-order valence-corrected chi connectivity index (χ0v) is 9.94. The van der Waals surface area contributed by atoms with Crippen molar-refractivity contribution in [2.24, 2.45) is 0 Å². The van der Waals surface area contributed by atoms with Crippen molar-refractivity contribution in [3.63, 3.8) is 0 Å². The topological polar surface area (TPSA) is 43.1 Å². The Balaban J connectivity index is 2.60. The highest BCUT2D eigenvalue weighted by molar-refractivity contribution is 6.34. The van der Waals surface area contributed by atoms with Crippen molar-refractivity contribution < 1.29 is 4.92 Å².